The van der Waals surface area contributed by atoms with Crippen LogP contribution in [-0.4, -0.2) is 61.6 Å². The fourth-order valence-electron chi connectivity index (χ4n) is 2.33. The van der Waals surface area contributed by atoms with Gasteiger partial charge in [0, 0.05) is 26.2 Å². The fraction of sp³-hybridized carbons (Fsp3) is 0.917. The third-order valence-corrected chi connectivity index (χ3v) is 3.46. The molecular weight excluding hydrogens is 204 g/mol. The predicted octanol–water partition coefficient (Wildman–Crippen LogP) is 0.577. The van der Waals surface area contributed by atoms with Crippen LogP contribution in [0.2, 0.25) is 0 Å². The molecule has 2 heterocycles. The minimum atomic E-state index is 0.259. The first-order valence-electron chi connectivity index (χ1n) is 6.40. The average molecular weight is 226 g/mol. The fourth-order valence-corrected chi connectivity index (χ4v) is 2.33. The highest BCUT2D eigenvalue weighted by Crippen LogP contribution is 2.19. The molecule has 0 aromatic carbocycles. The van der Waals surface area contributed by atoms with Crippen LogP contribution in [0.15, 0.2) is 0 Å². The van der Waals surface area contributed by atoms with Crippen LogP contribution in [0.1, 0.15) is 19.8 Å². The first kappa shape index (κ1) is 11.9. The van der Waals surface area contributed by atoms with Crippen LogP contribution in [0.25, 0.3) is 0 Å². The van der Waals surface area contributed by atoms with E-state index in [2.05, 4.69) is 11.8 Å². The molecule has 4 nitrogen and oxygen atoms in total. The number of amides is 1. The van der Waals surface area contributed by atoms with Crippen LogP contribution in [0, 0.1) is 5.92 Å². The van der Waals surface area contributed by atoms with Gasteiger partial charge in [-0.25, -0.2) is 0 Å². The summed E-state index contributed by atoms with van der Waals surface area (Å²) in [5, 5.41) is 0. The Morgan fingerprint density at radius 1 is 1.31 bits per heavy atom. The Kier molecular flexibility index (Phi) is 4.18. The Hall–Kier alpha value is -0.610. The third-order valence-electron chi connectivity index (χ3n) is 3.46. The lowest BCUT2D eigenvalue weighted by atomic mass is 9.98. The molecule has 2 rings (SSSR count). The summed E-state index contributed by atoms with van der Waals surface area (Å²) >= 11 is 0. The second-order valence-corrected chi connectivity index (χ2v) is 4.75. The molecule has 0 aliphatic carbocycles. The molecule has 0 radical (unpaired) electrons. The standard InChI is InChI=1S/C12H22N2O2/c1-2-3-4-13-9-11(10-13)12(15)14-5-7-16-8-6-14/h11H,2-10H2,1H3. The van der Waals surface area contributed by atoms with Crippen molar-refractivity contribution in [3.05, 3.63) is 0 Å². The van der Waals surface area contributed by atoms with E-state index >= 15 is 0 Å². The van der Waals surface area contributed by atoms with E-state index in [0.29, 0.717) is 19.1 Å². The molecule has 2 aliphatic heterocycles. The number of hydrogen-bond acceptors (Lipinski definition) is 3. The summed E-state index contributed by atoms with van der Waals surface area (Å²) in [5.41, 5.74) is 0. The van der Waals surface area contributed by atoms with E-state index in [1.54, 1.807) is 0 Å². The monoisotopic (exact) mass is 226 g/mol. The Morgan fingerprint density at radius 2 is 2.00 bits per heavy atom. The molecule has 0 saturated carbocycles. The number of ether oxygens (including phenoxy) is 1. The number of hydrogen-bond donors (Lipinski definition) is 0. The van der Waals surface area contributed by atoms with Gasteiger partial charge in [0.1, 0.15) is 0 Å². The molecule has 0 N–H and O–H groups in total. The summed E-state index contributed by atoms with van der Waals surface area (Å²) in [7, 11) is 0. The molecule has 0 atom stereocenters. The van der Waals surface area contributed by atoms with Gasteiger partial charge in [-0.2, -0.15) is 0 Å². The zero-order valence-electron chi connectivity index (χ0n) is 10.2. The van der Waals surface area contributed by atoms with Crippen LogP contribution in [0.3, 0.4) is 0 Å². The van der Waals surface area contributed by atoms with Crippen molar-refractivity contribution in [2.45, 2.75) is 19.8 Å². The van der Waals surface area contributed by atoms with Gasteiger partial charge in [-0.3, -0.25) is 4.79 Å². The molecule has 0 aromatic rings. The van der Waals surface area contributed by atoms with Gasteiger partial charge in [0.05, 0.1) is 19.1 Å². The summed E-state index contributed by atoms with van der Waals surface area (Å²) in [6.07, 6.45) is 2.48. The molecule has 16 heavy (non-hydrogen) atoms. The van der Waals surface area contributed by atoms with E-state index in [-0.39, 0.29) is 5.92 Å². The van der Waals surface area contributed by atoms with Crippen LogP contribution in [-0.2, 0) is 9.53 Å². The number of carbonyl (C=O) groups excluding carboxylic acids is 1. The number of nitrogens with zero attached hydrogens (tertiary/aromatic N) is 2. The minimum absolute atomic E-state index is 0.259. The number of rotatable bonds is 4. The average Bonchev–Trinajstić information content (AvgIpc) is 2.28. The maximum absolute atomic E-state index is 12.0. The van der Waals surface area contributed by atoms with Gasteiger partial charge < -0.3 is 14.5 Å². The summed E-state index contributed by atoms with van der Waals surface area (Å²) in [6, 6.07) is 0. The predicted molar refractivity (Wildman–Crippen MR) is 62.2 cm³/mol. The van der Waals surface area contributed by atoms with Gasteiger partial charge in [-0.05, 0) is 13.0 Å². The highest BCUT2D eigenvalue weighted by atomic mass is 16.5. The van der Waals surface area contributed by atoms with Crippen molar-refractivity contribution in [2.75, 3.05) is 45.9 Å². The van der Waals surface area contributed by atoms with Crippen molar-refractivity contribution in [1.82, 2.24) is 9.80 Å². The highest BCUT2D eigenvalue weighted by molar-refractivity contribution is 5.80. The first-order valence-corrected chi connectivity index (χ1v) is 6.40. The zero-order chi connectivity index (χ0) is 11.4. The lowest BCUT2D eigenvalue weighted by Crippen LogP contribution is -2.56. The quantitative estimate of drug-likeness (QED) is 0.703. The van der Waals surface area contributed by atoms with E-state index in [0.717, 1.165) is 32.7 Å². The lowest BCUT2D eigenvalue weighted by Gasteiger charge is -2.41. The van der Waals surface area contributed by atoms with Crippen molar-refractivity contribution in [3.63, 3.8) is 0 Å². The molecule has 2 aliphatic rings. The molecule has 0 bridgehead atoms. The number of morpholine rings is 1. The molecule has 92 valence electrons. The summed E-state index contributed by atoms with van der Waals surface area (Å²) < 4.78 is 5.25. The SMILES string of the molecule is CCCCN1CC(C(=O)N2CCOCC2)C1. The van der Waals surface area contributed by atoms with E-state index < -0.39 is 0 Å². The molecule has 4 heteroatoms. The Labute approximate surface area is 97.5 Å². The molecule has 0 unspecified atom stereocenters. The number of carbonyl (C=O) groups is 1. The molecular formula is C12H22N2O2. The summed E-state index contributed by atoms with van der Waals surface area (Å²) in [4.78, 5) is 16.4. The number of unbranched alkanes of at least 4 members (excludes halogenated alkanes) is 1. The molecule has 0 aromatic heterocycles. The summed E-state index contributed by atoms with van der Waals surface area (Å²) in [6.45, 7) is 8.27. The van der Waals surface area contributed by atoms with E-state index in [9.17, 15) is 4.79 Å². The maximum atomic E-state index is 12.0. The summed E-state index contributed by atoms with van der Waals surface area (Å²) in [5.74, 6) is 0.603. The highest BCUT2D eigenvalue weighted by Gasteiger charge is 2.35. The van der Waals surface area contributed by atoms with Crippen molar-refractivity contribution < 1.29 is 9.53 Å². The number of likely N-dealkylation sites (tertiary alicyclic amines) is 1. The van der Waals surface area contributed by atoms with Gasteiger partial charge in [-0.1, -0.05) is 13.3 Å². The normalized spacial score (nSPS) is 23.2. The van der Waals surface area contributed by atoms with Gasteiger partial charge >= 0.3 is 0 Å². The topological polar surface area (TPSA) is 32.8 Å². The van der Waals surface area contributed by atoms with Crippen LogP contribution >= 0.6 is 0 Å². The minimum Gasteiger partial charge on any atom is -0.378 e. The Morgan fingerprint density at radius 3 is 2.62 bits per heavy atom. The Balaban J connectivity index is 1.68. The first-order chi connectivity index (χ1) is 7.81. The lowest BCUT2D eigenvalue weighted by molar-refractivity contribution is -0.145. The van der Waals surface area contributed by atoms with Crippen molar-refractivity contribution in [3.8, 4) is 0 Å². The Bertz CT molecular complexity index is 233. The maximum Gasteiger partial charge on any atom is 0.228 e. The van der Waals surface area contributed by atoms with Crippen molar-refractivity contribution in [1.29, 1.82) is 0 Å². The molecule has 2 saturated heterocycles. The van der Waals surface area contributed by atoms with Gasteiger partial charge in [0.25, 0.3) is 0 Å². The molecule has 0 spiro atoms. The second kappa shape index (κ2) is 5.64. The zero-order valence-corrected chi connectivity index (χ0v) is 10.2. The second-order valence-electron chi connectivity index (χ2n) is 4.75. The molecule has 2 fully saturated rings. The van der Waals surface area contributed by atoms with Crippen molar-refractivity contribution >= 4 is 5.91 Å². The molecule has 1 amide bonds. The van der Waals surface area contributed by atoms with E-state index in [4.69, 9.17) is 4.74 Å². The van der Waals surface area contributed by atoms with Crippen LogP contribution < -0.4 is 0 Å². The van der Waals surface area contributed by atoms with Gasteiger partial charge in [-0.15, -0.1) is 0 Å². The smallest absolute Gasteiger partial charge is 0.228 e. The largest absolute Gasteiger partial charge is 0.378 e. The third kappa shape index (κ3) is 2.74. The van der Waals surface area contributed by atoms with Crippen LogP contribution in [0.4, 0.5) is 0 Å². The van der Waals surface area contributed by atoms with Crippen molar-refractivity contribution in [2.24, 2.45) is 5.92 Å². The van der Waals surface area contributed by atoms with Gasteiger partial charge in [0.2, 0.25) is 5.91 Å². The van der Waals surface area contributed by atoms with E-state index in [1.165, 1.54) is 12.8 Å². The van der Waals surface area contributed by atoms with Gasteiger partial charge in [0.15, 0.2) is 0 Å². The van der Waals surface area contributed by atoms with E-state index in [1.807, 2.05) is 4.90 Å². The van der Waals surface area contributed by atoms with Crippen LogP contribution in [0.5, 0.6) is 0 Å².